The Morgan fingerprint density at radius 1 is 0.960 bits per heavy atom. The molecule has 7 heteroatoms. The van der Waals surface area contributed by atoms with Crippen molar-refractivity contribution in [3.63, 3.8) is 0 Å². The number of hydrogen-bond acceptors (Lipinski definition) is 4. The summed E-state index contributed by atoms with van der Waals surface area (Å²) in [4.78, 5) is 0.103. The Morgan fingerprint density at radius 3 is 2.28 bits per heavy atom. The van der Waals surface area contributed by atoms with Gasteiger partial charge in [-0.25, -0.2) is 12.8 Å². The highest BCUT2D eigenvalue weighted by Crippen LogP contribution is 2.36. The van der Waals surface area contributed by atoms with E-state index in [1.54, 1.807) is 0 Å². The van der Waals surface area contributed by atoms with Gasteiger partial charge in [0.25, 0.3) is 0 Å². The van der Waals surface area contributed by atoms with Crippen LogP contribution in [-0.4, -0.2) is 32.5 Å². The number of hydrogen-bond donors (Lipinski definition) is 0. The van der Waals surface area contributed by atoms with E-state index in [9.17, 15) is 12.8 Å². The first-order valence-electron chi connectivity index (χ1n) is 8.21. The molecule has 0 amide bonds. The number of benzene rings is 2. The first kappa shape index (κ1) is 16.4. The molecule has 0 spiro atoms. The fourth-order valence-corrected chi connectivity index (χ4v) is 4.57. The molecule has 0 bridgehead atoms. The zero-order chi connectivity index (χ0) is 17.4. The number of rotatable bonds is 2. The predicted octanol–water partition coefficient (Wildman–Crippen LogP) is 2.73. The van der Waals surface area contributed by atoms with Crippen molar-refractivity contribution in [2.24, 2.45) is 0 Å². The average Bonchev–Trinajstić information content (AvgIpc) is 2.84. The molecule has 5 nitrogen and oxygen atoms in total. The monoisotopic (exact) mass is 363 g/mol. The number of sulfonamides is 1. The van der Waals surface area contributed by atoms with E-state index >= 15 is 0 Å². The third-order valence-corrected chi connectivity index (χ3v) is 6.36. The summed E-state index contributed by atoms with van der Waals surface area (Å²) in [5.41, 5.74) is 2.00. The van der Waals surface area contributed by atoms with E-state index in [0.717, 1.165) is 35.4 Å². The van der Waals surface area contributed by atoms with Gasteiger partial charge in [0.15, 0.2) is 11.5 Å². The van der Waals surface area contributed by atoms with Gasteiger partial charge in [0.05, 0.1) is 18.1 Å². The first-order valence-corrected chi connectivity index (χ1v) is 9.65. The molecule has 0 aliphatic carbocycles. The van der Waals surface area contributed by atoms with E-state index in [4.69, 9.17) is 9.47 Å². The molecule has 0 radical (unpaired) electrons. The standard InChI is InChI=1S/C18H18FNO4S/c19-15-2-4-16(5-3-15)25(21,22)20-7-6-13-10-17-18(11-14(13)12-20)24-9-1-8-23-17/h2-5,10-11H,1,6-9,12H2. The molecular weight excluding hydrogens is 345 g/mol. The van der Waals surface area contributed by atoms with Crippen LogP contribution in [-0.2, 0) is 23.0 Å². The van der Waals surface area contributed by atoms with Crippen molar-refractivity contribution in [2.45, 2.75) is 24.3 Å². The molecule has 2 aromatic carbocycles. The lowest BCUT2D eigenvalue weighted by molar-refractivity contribution is 0.297. The van der Waals surface area contributed by atoms with Gasteiger partial charge in [0.1, 0.15) is 5.82 Å². The molecule has 0 aromatic heterocycles. The number of ether oxygens (including phenoxy) is 2. The maximum absolute atomic E-state index is 13.1. The van der Waals surface area contributed by atoms with E-state index in [0.29, 0.717) is 31.9 Å². The quantitative estimate of drug-likeness (QED) is 0.823. The molecule has 2 aliphatic rings. The summed E-state index contributed by atoms with van der Waals surface area (Å²) in [6, 6.07) is 8.76. The largest absolute Gasteiger partial charge is 0.490 e. The molecular formula is C18H18FNO4S. The van der Waals surface area contributed by atoms with Crippen LogP contribution >= 0.6 is 0 Å². The van der Waals surface area contributed by atoms with E-state index in [1.807, 2.05) is 12.1 Å². The Balaban J connectivity index is 1.64. The second-order valence-corrected chi connectivity index (χ2v) is 8.10. The van der Waals surface area contributed by atoms with Crippen LogP contribution in [0.15, 0.2) is 41.3 Å². The summed E-state index contributed by atoms with van der Waals surface area (Å²) >= 11 is 0. The normalized spacial score (nSPS) is 17.6. The van der Waals surface area contributed by atoms with Crippen molar-refractivity contribution >= 4 is 10.0 Å². The van der Waals surface area contributed by atoms with E-state index < -0.39 is 15.8 Å². The lowest BCUT2D eigenvalue weighted by Gasteiger charge is -2.28. The van der Waals surface area contributed by atoms with Gasteiger partial charge in [-0.3, -0.25) is 0 Å². The van der Waals surface area contributed by atoms with Crippen molar-refractivity contribution in [1.29, 1.82) is 0 Å². The highest BCUT2D eigenvalue weighted by molar-refractivity contribution is 7.89. The van der Waals surface area contributed by atoms with Gasteiger partial charge < -0.3 is 9.47 Å². The summed E-state index contributed by atoms with van der Waals surface area (Å²) in [6.45, 7) is 1.86. The SMILES string of the molecule is O=S(=O)(c1ccc(F)cc1)N1CCc2cc3c(cc2C1)OCCCO3. The van der Waals surface area contributed by atoms with Crippen molar-refractivity contribution in [3.05, 3.63) is 53.3 Å². The minimum absolute atomic E-state index is 0.103. The molecule has 0 fully saturated rings. The molecule has 2 aliphatic heterocycles. The third kappa shape index (κ3) is 3.09. The van der Waals surface area contributed by atoms with E-state index in [2.05, 4.69) is 0 Å². The molecule has 0 N–H and O–H groups in total. The number of fused-ring (bicyclic) bond motifs is 2. The third-order valence-electron chi connectivity index (χ3n) is 4.50. The van der Waals surface area contributed by atoms with Crippen molar-refractivity contribution in [1.82, 2.24) is 4.31 Å². The van der Waals surface area contributed by atoms with Gasteiger partial charge in [-0.15, -0.1) is 0 Å². The van der Waals surface area contributed by atoms with Gasteiger partial charge in [0, 0.05) is 19.5 Å². The second kappa shape index (κ2) is 6.31. The molecule has 0 saturated heterocycles. The molecule has 0 unspecified atom stereocenters. The van der Waals surface area contributed by atoms with Crippen molar-refractivity contribution in [2.75, 3.05) is 19.8 Å². The number of nitrogens with zero attached hydrogens (tertiary/aromatic N) is 1. The van der Waals surface area contributed by atoms with Gasteiger partial charge in [0.2, 0.25) is 10.0 Å². The lowest BCUT2D eigenvalue weighted by Crippen LogP contribution is -2.36. The number of halogens is 1. The minimum atomic E-state index is -3.66. The Labute approximate surface area is 146 Å². The van der Waals surface area contributed by atoms with Crippen LogP contribution in [0, 0.1) is 5.82 Å². The van der Waals surface area contributed by atoms with Gasteiger partial charge in [-0.1, -0.05) is 0 Å². The van der Waals surface area contributed by atoms with Gasteiger partial charge in [-0.2, -0.15) is 4.31 Å². The Morgan fingerprint density at radius 2 is 1.60 bits per heavy atom. The molecule has 4 rings (SSSR count). The minimum Gasteiger partial charge on any atom is -0.490 e. The highest BCUT2D eigenvalue weighted by Gasteiger charge is 2.29. The average molecular weight is 363 g/mol. The zero-order valence-corrected chi connectivity index (χ0v) is 14.4. The van der Waals surface area contributed by atoms with Crippen LogP contribution in [0.4, 0.5) is 4.39 Å². The summed E-state index contributed by atoms with van der Waals surface area (Å²) in [7, 11) is -3.66. The smallest absolute Gasteiger partial charge is 0.243 e. The zero-order valence-electron chi connectivity index (χ0n) is 13.6. The Kier molecular flexibility index (Phi) is 4.13. The lowest BCUT2D eigenvalue weighted by atomic mass is 10.0. The molecule has 2 aromatic rings. The summed E-state index contributed by atoms with van der Waals surface area (Å²) in [5, 5.41) is 0. The Bertz CT molecular complexity index is 896. The summed E-state index contributed by atoms with van der Waals surface area (Å²) in [6.07, 6.45) is 1.43. The van der Waals surface area contributed by atoms with Gasteiger partial charge >= 0.3 is 0 Å². The fourth-order valence-electron chi connectivity index (χ4n) is 3.15. The maximum Gasteiger partial charge on any atom is 0.243 e. The van der Waals surface area contributed by atoms with Crippen molar-refractivity contribution in [3.8, 4) is 11.5 Å². The van der Waals surface area contributed by atoms with Crippen LogP contribution in [0.3, 0.4) is 0 Å². The van der Waals surface area contributed by atoms with Crippen LogP contribution < -0.4 is 9.47 Å². The molecule has 25 heavy (non-hydrogen) atoms. The van der Waals surface area contributed by atoms with Crippen LogP contribution in [0.5, 0.6) is 11.5 Å². The Hall–Kier alpha value is -2.12. The molecule has 0 saturated carbocycles. The topological polar surface area (TPSA) is 55.8 Å². The van der Waals surface area contributed by atoms with Crippen molar-refractivity contribution < 1.29 is 22.3 Å². The highest BCUT2D eigenvalue weighted by atomic mass is 32.2. The predicted molar refractivity (Wildman–Crippen MR) is 89.7 cm³/mol. The van der Waals surface area contributed by atoms with E-state index in [-0.39, 0.29) is 11.4 Å². The maximum atomic E-state index is 13.1. The first-order chi connectivity index (χ1) is 12.0. The van der Waals surface area contributed by atoms with Crippen LogP contribution in [0.1, 0.15) is 17.5 Å². The summed E-state index contributed by atoms with van der Waals surface area (Å²) < 4.78 is 51.5. The second-order valence-electron chi connectivity index (χ2n) is 6.16. The van der Waals surface area contributed by atoms with Crippen LogP contribution in [0.2, 0.25) is 0 Å². The molecule has 132 valence electrons. The van der Waals surface area contributed by atoms with Gasteiger partial charge in [-0.05, 0) is 53.9 Å². The van der Waals surface area contributed by atoms with Crippen LogP contribution in [0.25, 0.3) is 0 Å². The fraction of sp³-hybridized carbons (Fsp3) is 0.333. The molecule has 0 atom stereocenters. The van der Waals surface area contributed by atoms with E-state index in [1.165, 1.54) is 16.4 Å². The molecule has 2 heterocycles. The summed E-state index contributed by atoms with van der Waals surface area (Å²) in [5.74, 6) is 0.936.